The lowest BCUT2D eigenvalue weighted by molar-refractivity contribution is 0.0752. The van der Waals surface area contributed by atoms with E-state index in [4.69, 9.17) is 4.74 Å². The minimum Gasteiger partial charge on any atom is -0.496 e. The zero-order valence-electron chi connectivity index (χ0n) is 14.3. The van der Waals surface area contributed by atoms with Crippen LogP contribution in [0.4, 0.5) is 13.2 Å². The maximum Gasteiger partial charge on any atom is 0.260 e. The van der Waals surface area contributed by atoms with Gasteiger partial charge in [-0.15, -0.1) is 0 Å². The summed E-state index contributed by atoms with van der Waals surface area (Å²) in [6, 6.07) is 4.31. The lowest BCUT2D eigenvalue weighted by Crippen LogP contribution is -2.36. The van der Waals surface area contributed by atoms with Gasteiger partial charge in [0.05, 0.1) is 7.11 Å². The van der Waals surface area contributed by atoms with E-state index in [0.717, 1.165) is 13.0 Å². The predicted molar refractivity (Wildman–Crippen MR) is 87.6 cm³/mol. The van der Waals surface area contributed by atoms with Gasteiger partial charge in [-0.2, -0.15) is 0 Å². The van der Waals surface area contributed by atoms with Crippen molar-refractivity contribution in [1.82, 2.24) is 9.80 Å². The highest BCUT2D eigenvalue weighted by Gasteiger charge is 2.56. The van der Waals surface area contributed by atoms with Crippen LogP contribution in [0.3, 0.4) is 0 Å². The van der Waals surface area contributed by atoms with Gasteiger partial charge < -0.3 is 14.5 Å². The number of benzene rings is 1. The molecule has 7 heteroatoms. The molecular weight excluding hydrogens is 333 g/mol. The van der Waals surface area contributed by atoms with Crippen LogP contribution in [0.25, 0.3) is 0 Å². The van der Waals surface area contributed by atoms with Crippen LogP contribution in [0, 0.1) is 11.7 Å². The van der Waals surface area contributed by atoms with Gasteiger partial charge in [-0.1, -0.05) is 6.07 Å². The van der Waals surface area contributed by atoms with Gasteiger partial charge in [0.1, 0.15) is 17.1 Å². The van der Waals surface area contributed by atoms with Crippen molar-refractivity contribution in [3.63, 3.8) is 0 Å². The Balaban J connectivity index is 1.58. The van der Waals surface area contributed by atoms with Gasteiger partial charge >= 0.3 is 0 Å². The minimum atomic E-state index is -2.48. The van der Waals surface area contributed by atoms with Gasteiger partial charge in [-0.25, -0.2) is 13.2 Å². The Kier molecular flexibility index (Phi) is 5.22. The zero-order valence-corrected chi connectivity index (χ0v) is 14.3. The molecule has 25 heavy (non-hydrogen) atoms. The molecule has 2 aliphatic rings. The molecule has 0 bridgehead atoms. The van der Waals surface area contributed by atoms with Crippen LogP contribution in [0.5, 0.6) is 5.75 Å². The number of rotatable bonds is 5. The molecule has 1 amide bonds. The number of amides is 1. The summed E-state index contributed by atoms with van der Waals surface area (Å²) >= 11 is 0. The first-order valence-electron chi connectivity index (χ1n) is 8.64. The van der Waals surface area contributed by atoms with E-state index >= 15 is 0 Å². The van der Waals surface area contributed by atoms with Gasteiger partial charge in [0.2, 0.25) is 0 Å². The summed E-state index contributed by atoms with van der Waals surface area (Å²) in [5.74, 6) is -3.72. The third-order valence-corrected chi connectivity index (χ3v) is 5.03. The molecule has 1 heterocycles. The van der Waals surface area contributed by atoms with E-state index in [9.17, 15) is 18.0 Å². The fraction of sp³-hybridized carbons (Fsp3) is 0.611. The summed E-state index contributed by atoms with van der Waals surface area (Å²) in [6.07, 6.45) is 1.23. The fourth-order valence-corrected chi connectivity index (χ4v) is 3.36. The monoisotopic (exact) mass is 356 g/mol. The number of methoxy groups -OCH3 is 1. The molecule has 1 atom stereocenters. The molecule has 0 radical (unpaired) electrons. The summed E-state index contributed by atoms with van der Waals surface area (Å²) in [7, 11) is 1.41. The van der Waals surface area contributed by atoms with E-state index in [1.165, 1.54) is 19.2 Å². The second kappa shape index (κ2) is 7.23. The van der Waals surface area contributed by atoms with Crippen molar-refractivity contribution >= 4 is 5.91 Å². The lowest BCUT2D eigenvalue weighted by Gasteiger charge is -2.23. The molecule has 1 aromatic rings. The summed E-state index contributed by atoms with van der Waals surface area (Å²) in [5, 5.41) is 0. The fourth-order valence-electron chi connectivity index (χ4n) is 3.36. The van der Waals surface area contributed by atoms with E-state index in [1.54, 1.807) is 11.0 Å². The number of alkyl halides is 2. The molecule has 0 aromatic heterocycles. The van der Waals surface area contributed by atoms with Crippen LogP contribution in [0.1, 0.15) is 29.6 Å². The zero-order chi connectivity index (χ0) is 18.0. The molecule has 1 aliphatic heterocycles. The Morgan fingerprint density at radius 1 is 1.28 bits per heavy atom. The second-order valence-electron chi connectivity index (χ2n) is 6.76. The average molecular weight is 356 g/mol. The van der Waals surface area contributed by atoms with Crippen LogP contribution in [-0.2, 0) is 0 Å². The van der Waals surface area contributed by atoms with Gasteiger partial charge in [0.25, 0.3) is 11.8 Å². The normalized spacial score (nSPS) is 23.2. The summed E-state index contributed by atoms with van der Waals surface area (Å²) in [6.45, 7) is 2.96. The van der Waals surface area contributed by atoms with E-state index in [2.05, 4.69) is 4.90 Å². The molecule has 4 nitrogen and oxygen atoms in total. The average Bonchev–Trinajstić information content (AvgIpc) is 3.27. The summed E-state index contributed by atoms with van der Waals surface area (Å²) < 4.78 is 45.2. The predicted octanol–water partition coefficient (Wildman–Crippen LogP) is 3.03. The first-order chi connectivity index (χ1) is 11.9. The maximum atomic E-state index is 14.1. The second-order valence-corrected chi connectivity index (χ2v) is 6.76. The Morgan fingerprint density at radius 3 is 2.72 bits per heavy atom. The molecule has 0 spiro atoms. The van der Waals surface area contributed by atoms with E-state index in [-0.39, 0.29) is 23.6 Å². The Hall–Kier alpha value is -1.76. The first kappa shape index (κ1) is 18.0. The van der Waals surface area contributed by atoms with E-state index in [1.807, 2.05) is 0 Å². The highest BCUT2D eigenvalue weighted by atomic mass is 19.3. The number of nitrogens with zero attached hydrogens (tertiary/aromatic N) is 2. The molecule has 138 valence electrons. The van der Waals surface area contributed by atoms with Crippen molar-refractivity contribution in [1.29, 1.82) is 0 Å². The number of carbonyl (C=O) groups is 1. The standard InChI is InChI=1S/C18H23F3N2O2/c1-25-15-5-2-4-14(19)16(15)17(24)23-8-3-7-22(10-11-23)9-6-13-12-18(13,20)21/h2,4-5,13H,3,6-12H2,1H3. The van der Waals surface area contributed by atoms with Crippen molar-refractivity contribution in [3.05, 3.63) is 29.6 Å². The minimum absolute atomic E-state index is 0.00146. The SMILES string of the molecule is COc1cccc(F)c1C(=O)N1CCCN(CCC2CC2(F)F)CC1. The van der Waals surface area contributed by atoms with E-state index in [0.29, 0.717) is 32.6 Å². The number of ether oxygens (including phenoxy) is 1. The highest BCUT2D eigenvalue weighted by Crippen LogP contribution is 2.50. The van der Waals surface area contributed by atoms with Crippen LogP contribution in [0.2, 0.25) is 0 Å². The Morgan fingerprint density at radius 2 is 2.04 bits per heavy atom. The largest absolute Gasteiger partial charge is 0.496 e. The van der Waals surface area contributed by atoms with E-state index < -0.39 is 17.7 Å². The molecule has 3 rings (SSSR count). The first-order valence-corrected chi connectivity index (χ1v) is 8.64. The molecule has 1 aromatic carbocycles. The number of hydrogen-bond donors (Lipinski definition) is 0. The van der Waals surface area contributed by atoms with Crippen molar-refractivity contribution < 1.29 is 22.7 Å². The van der Waals surface area contributed by atoms with Gasteiger partial charge in [0.15, 0.2) is 0 Å². The summed E-state index contributed by atoms with van der Waals surface area (Å²) in [5.41, 5.74) is -0.0453. The van der Waals surface area contributed by atoms with Gasteiger partial charge in [0, 0.05) is 32.0 Å². The van der Waals surface area contributed by atoms with Crippen molar-refractivity contribution in [3.8, 4) is 5.75 Å². The van der Waals surface area contributed by atoms with Gasteiger partial charge in [-0.3, -0.25) is 4.79 Å². The van der Waals surface area contributed by atoms with Crippen molar-refractivity contribution in [2.24, 2.45) is 5.92 Å². The van der Waals surface area contributed by atoms with Crippen molar-refractivity contribution in [2.45, 2.75) is 25.2 Å². The van der Waals surface area contributed by atoms with Crippen LogP contribution < -0.4 is 4.74 Å². The summed E-state index contributed by atoms with van der Waals surface area (Å²) in [4.78, 5) is 16.4. The smallest absolute Gasteiger partial charge is 0.260 e. The van der Waals surface area contributed by atoms with Crippen LogP contribution in [-0.4, -0.2) is 61.5 Å². The number of hydrogen-bond acceptors (Lipinski definition) is 3. The Bertz CT molecular complexity index is 639. The third-order valence-electron chi connectivity index (χ3n) is 5.03. The molecule has 2 fully saturated rings. The lowest BCUT2D eigenvalue weighted by atomic mass is 10.1. The maximum absolute atomic E-state index is 14.1. The quantitative estimate of drug-likeness (QED) is 0.813. The number of halogens is 3. The third kappa shape index (κ3) is 4.08. The molecule has 1 saturated carbocycles. The molecule has 1 unspecified atom stereocenters. The van der Waals surface area contributed by atoms with Crippen molar-refractivity contribution in [2.75, 3.05) is 39.8 Å². The molecule has 0 N–H and O–H groups in total. The van der Waals surface area contributed by atoms with Gasteiger partial charge in [-0.05, 0) is 38.1 Å². The number of carbonyl (C=O) groups excluding carboxylic acids is 1. The highest BCUT2D eigenvalue weighted by molar-refractivity contribution is 5.97. The van der Waals surface area contributed by atoms with Crippen LogP contribution >= 0.6 is 0 Å². The topological polar surface area (TPSA) is 32.8 Å². The molecule has 1 saturated heterocycles. The van der Waals surface area contributed by atoms with Crippen LogP contribution in [0.15, 0.2) is 18.2 Å². The molecule has 1 aliphatic carbocycles. The molecular formula is C18H23F3N2O2. The Labute approximate surface area is 145 Å².